The lowest BCUT2D eigenvalue weighted by molar-refractivity contribution is 0.125. The second-order valence-electron chi connectivity index (χ2n) is 5.31. The second kappa shape index (κ2) is 5.14. The topological polar surface area (TPSA) is 114 Å². The number of nitrogens with two attached hydrogens (primary N) is 1. The molecule has 0 aliphatic rings. The Bertz CT molecular complexity index is 757. The van der Waals surface area contributed by atoms with Crippen LogP contribution in [0.3, 0.4) is 0 Å². The minimum absolute atomic E-state index is 0.0504. The summed E-state index contributed by atoms with van der Waals surface area (Å²) >= 11 is 0. The standard InChI is InChI=1S/C14H14N6O/c1-14(2,3)21-13-9(17)4-5-12(19-13)20-8-18-10(6-15)11(20)7-16/h4-5,8H,17H2,1-3H3. The molecule has 0 amide bonds. The largest absolute Gasteiger partial charge is 0.470 e. The third-order valence-corrected chi connectivity index (χ3v) is 2.50. The molecule has 2 rings (SSSR count). The van der Waals surface area contributed by atoms with E-state index >= 15 is 0 Å². The maximum atomic E-state index is 9.15. The Morgan fingerprint density at radius 1 is 1.24 bits per heavy atom. The van der Waals surface area contributed by atoms with Gasteiger partial charge in [-0.1, -0.05) is 0 Å². The third-order valence-electron chi connectivity index (χ3n) is 2.50. The molecule has 0 aromatic carbocycles. The average Bonchev–Trinajstić information content (AvgIpc) is 2.82. The van der Waals surface area contributed by atoms with Crippen LogP contribution < -0.4 is 10.5 Å². The van der Waals surface area contributed by atoms with Crippen molar-refractivity contribution >= 4 is 5.69 Å². The SMILES string of the molecule is CC(C)(C)Oc1nc(-n2cnc(C#N)c2C#N)ccc1N. The monoisotopic (exact) mass is 282 g/mol. The van der Waals surface area contributed by atoms with Gasteiger partial charge >= 0.3 is 0 Å². The molecule has 106 valence electrons. The van der Waals surface area contributed by atoms with Crippen LogP contribution in [-0.4, -0.2) is 20.1 Å². The highest BCUT2D eigenvalue weighted by atomic mass is 16.5. The van der Waals surface area contributed by atoms with E-state index in [-0.39, 0.29) is 17.3 Å². The summed E-state index contributed by atoms with van der Waals surface area (Å²) in [5, 5.41) is 18.1. The van der Waals surface area contributed by atoms with Gasteiger partial charge in [0.15, 0.2) is 11.4 Å². The van der Waals surface area contributed by atoms with E-state index in [2.05, 4.69) is 9.97 Å². The van der Waals surface area contributed by atoms with Gasteiger partial charge in [-0.2, -0.15) is 15.5 Å². The Kier molecular flexibility index (Phi) is 3.51. The lowest BCUT2D eigenvalue weighted by atomic mass is 10.2. The van der Waals surface area contributed by atoms with Gasteiger partial charge in [0.05, 0.1) is 5.69 Å². The van der Waals surface area contributed by atoms with Gasteiger partial charge in [0.25, 0.3) is 0 Å². The predicted molar refractivity (Wildman–Crippen MR) is 75.6 cm³/mol. The van der Waals surface area contributed by atoms with Gasteiger partial charge in [-0.05, 0) is 32.9 Å². The Morgan fingerprint density at radius 2 is 1.95 bits per heavy atom. The van der Waals surface area contributed by atoms with E-state index in [9.17, 15) is 0 Å². The molecule has 7 heteroatoms. The number of nitrogen functional groups attached to an aromatic ring is 1. The molecular formula is C14H14N6O. The maximum Gasteiger partial charge on any atom is 0.239 e. The van der Waals surface area contributed by atoms with Crippen LogP contribution in [0.15, 0.2) is 18.5 Å². The number of nitriles is 2. The predicted octanol–water partition coefficient (Wildman–Crippen LogP) is 1.77. The number of ether oxygens (including phenoxy) is 1. The molecule has 7 nitrogen and oxygen atoms in total. The highest BCUT2D eigenvalue weighted by Crippen LogP contribution is 2.25. The highest BCUT2D eigenvalue weighted by molar-refractivity contribution is 5.52. The van der Waals surface area contributed by atoms with Gasteiger partial charge in [0.2, 0.25) is 5.88 Å². The first kappa shape index (κ1) is 14.4. The minimum Gasteiger partial charge on any atom is -0.470 e. The van der Waals surface area contributed by atoms with Crippen molar-refractivity contribution in [2.75, 3.05) is 5.73 Å². The molecular weight excluding hydrogens is 268 g/mol. The van der Waals surface area contributed by atoms with E-state index in [1.165, 1.54) is 10.9 Å². The molecule has 0 atom stereocenters. The quantitative estimate of drug-likeness (QED) is 0.897. The summed E-state index contributed by atoms with van der Waals surface area (Å²) in [4.78, 5) is 8.18. The molecule has 0 bridgehead atoms. The zero-order valence-corrected chi connectivity index (χ0v) is 12.0. The fraction of sp³-hybridized carbons (Fsp3) is 0.286. The fourth-order valence-corrected chi connectivity index (χ4v) is 1.66. The number of imidazole rings is 1. The zero-order chi connectivity index (χ0) is 15.6. The van der Waals surface area contributed by atoms with E-state index < -0.39 is 5.60 Å². The van der Waals surface area contributed by atoms with Crippen molar-refractivity contribution in [1.82, 2.24) is 14.5 Å². The lowest BCUT2D eigenvalue weighted by Gasteiger charge is -2.21. The number of aromatic nitrogens is 3. The maximum absolute atomic E-state index is 9.15. The van der Waals surface area contributed by atoms with Crippen LogP contribution in [0.4, 0.5) is 5.69 Å². The molecule has 0 radical (unpaired) electrons. The highest BCUT2D eigenvalue weighted by Gasteiger charge is 2.18. The van der Waals surface area contributed by atoms with Gasteiger partial charge in [-0.15, -0.1) is 0 Å². The lowest BCUT2D eigenvalue weighted by Crippen LogP contribution is -2.24. The van der Waals surface area contributed by atoms with Gasteiger partial charge in [0, 0.05) is 0 Å². The van der Waals surface area contributed by atoms with Crippen LogP contribution in [0.1, 0.15) is 32.2 Å². The fourth-order valence-electron chi connectivity index (χ4n) is 1.66. The third kappa shape index (κ3) is 2.93. The molecule has 2 aromatic rings. The Hall–Kier alpha value is -3.06. The van der Waals surface area contributed by atoms with Gasteiger partial charge in [-0.25, -0.2) is 4.98 Å². The van der Waals surface area contributed by atoms with Crippen LogP contribution in [0.2, 0.25) is 0 Å². The molecule has 0 saturated carbocycles. The first-order valence-electron chi connectivity index (χ1n) is 6.19. The normalized spacial score (nSPS) is 10.7. The summed E-state index contributed by atoms with van der Waals surface area (Å²) in [6.45, 7) is 5.64. The summed E-state index contributed by atoms with van der Waals surface area (Å²) in [5.74, 6) is 0.685. The minimum atomic E-state index is -0.454. The molecule has 0 aliphatic heterocycles. The number of pyridine rings is 1. The van der Waals surface area contributed by atoms with E-state index in [1.807, 2.05) is 32.9 Å². The van der Waals surface area contributed by atoms with E-state index in [1.54, 1.807) is 12.1 Å². The van der Waals surface area contributed by atoms with Crippen molar-refractivity contribution in [2.45, 2.75) is 26.4 Å². The average molecular weight is 282 g/mol. The molecule has 0 fully saturated rings. The van der Waals surface area contributed by atoms with Crippen molar-refractivity contribution in [3.8, 4) is 23.8 Å². The Labute approximate surface area is 122 Å². The van der Waals surface area contributed by atoms with Gasteiger partial charge in [-0.3, -0.25) is 4.57 Å². The number of rotatable bonds is 2. The van der Waals surface area contributed by atoms with Crippen LogP contribution in [0, 0.1) is 22.7 Å². The smallest absolute Gasteiger partial charge is 0.239 e. The summed E-state index contributed by atoms with van der Waals surface area (Å²) in [7, 11) is 0. The molecule has 2 N–H and O–H groups in total. The first-order valence-corrected chi connectivity index (χ1v) is 6.19. The first-order chi connectivity index (χ1) is 9.85. The van der Waals surface area contributed by atoms with Crippen LogP contribution in [0.25, 0.3) is 5.82 Å². The van der Waals surface area contributed by atoms with E-state index in [4.69, 9.17) is 21.0 Å². The van der Waals surface area contributed by atoms with Crippen molar-refractivity contribution < 1.29 is 4.74 Å². The van der Waals surface area contributed by atoms with Crippen molar-refractivity contribution in [2.24, 2.45) is 0 Å². The second-order valence-corrected chi connectivity index (χ2v) is 5.31. The number of hydrogen-bond acceptors (Lipinski definition) is 6. The molecule has 0 saturated heterocycles. The molecule has 0 spiro atoms. The van der Waals surface area contributed by atoms with Crippen LogP contribution in [0.5, 0.6) is 5.88 Å². The molecule has 2 aromatic heterocycles. The number of anilines is 1. The van der Waals surface area contributed by atoms with Crippen molar-refractivity contribution in [1.29, 1.82) is 10.5 Å². The molecule has 21 heavy (non-hydrogen) atoms. The molecule has 0 aliphatic carbocycles. The van der Waals surface area contributed by atoms with E-state index in [0.717, 1.165) is 0 Å². The van der Waals surface area contributed by atoms with Crippen LogP contribution >= 0.6 is 0 Å². The summed E-state index contributed by atoms with van der Waals surface area (Å²) in [6.07, 6.45) is 1.37. The molecule has 2 heterocycles. The number of nitrogens with zero attached hydrogens (tertiary/aromatic N) is 5. The number of hydrogen-bond donors (Lipinski definition) is 1. The van der Waals surface area contributed by atoms with Gasteiger partial charge < -0.3 is 10.5 Å². The Morgan fingerprint density at radius 3 is 2.52 bits per heavy atom. The van der Waals surface area contributed by atoms with Crippen LogP contribution in [-0.2, 0) is 0 Å². The molecule has 0 unspecified atom stereocenters. The van der Waals surface area contributed by atoms with Crippen molar-refractivity contribution in [3.05, 3.63) is 29.8 Å². The van der Waals surface area contributed by atoms with E-state index in [0.29, 0.717) is 11.5 Å². The summed E-state index contributed by atoms with van der Waals surface area (Å²) < 4.78 is 7.11. The van der Waals surface area contributed by atoms with Crippen molar-refractivity contribution in [3.63, 3.8) is 0 Å². The summed E-state index contributed by atoms with van der Waals surface area (Å²) in [5.41, 5.74) is 5.96. The van der Waals surface area contributed by atoms with Gasteiger partial charge in [0.1, 0.15) is 29.9 Å². The summed E-state index contributed by atoms with van der Waals surface area (Å²) in [6, 6.07) is 7.07. The Balaban J connectivity index is 2.52. The zero-order valence-electron chi connectivity index (χ0n) is 12.0.